The van der Waals surface area contributed by atoms with Crippen molar-refractivity contribution in [3.63, 3.8) is 0 Å². The number of hydrogen-bond acceptors (Lipinski definition) is 4. The Kier molecular flexibility index (Phi) is 7.29. The third-order valence-corrected chi connectivity index (χ3v) is 4.36. The lowest BCUT2D eigenvalue weighted by molar-refractivity contribution is 0.0264. The molecule has 0 amide bonds. The van der Waals surface area contributed by atoms with Crippen LogP contribution >= 0.6 is 0 Å². The van der Waals surface area contributed by atoms with E-state index in [4.69, 9.17) is 4.74 Å². The summed E-state index contributed by atoms with van der Waals surface area (Å²) in [4.78, 5) is 6.46. The van der Waals surface area contributed by atoms with Crippen LogP contribution in [0.2, 0.25) is 0 Å². The zero-order chi connectivity index (χ0) is 15.0. The molecule has 0 bridgehead atoms. The Morgan fingerprint density at radius 1 is 1.40 bits per heavy atom. The minimum absolute atomic E-state index is 0.212. The molecule has 0 aromatic heterocycles. The number of ether oxygens (including phenoxy) is 1. The van der Waals surface area contributed by atoms with Crippen molar-refractivity contribution in [1.29, 1.82) is 0 Å². The molecule has 20 heavy (non-hydrogen) atoms. The first kappa shape index (κ1) is 17.2. The zero-order valence-electron chi connectivity index (χ0n) is 12.8. The maximum Gasteiger partial charge on any atom is 0.193 e. The van der Waals surface area contributed by atoms with E-state index < -0.39 is 9.84 Å². The van der Waals surface area contributed by atoms with Gasteiger partial charge < -0.3 is 15.0 Å². The zero-order valence-corrected chi connectivity index (χ0v) is 13.6. The van der Waals surface area contributed by atoms with E-state index in [2.05, 4.69) is 15.2 Å². The van der Waals surface area contributed by atoms with Gasteiger partial charge in [0.15, 0.2) is 5.96 Å². The summed E-state index contributed by atoms with van der Waals surface area (Å²) in [5, 5.41) is 3.23. The third-order valence-electron chi connectivity index (χ3n) is 3.33. The minimum Gasteiger partial charge on any atom is -0.378 e. The lowest BCUT2D eigenvalue weighted by atomic mass is 10.1. The SMILES string of the molecule is CCOC1CCN(C(=NC)NCCCS(C)(=O)=O)CC1. The van der Waals surface area contributed by atoms with Crippen LogP contribution in [0.25, 0.3) is 0 Å². The van der Waals surface area contributed by atoms with Gasteiger partial charge in [0.1, 0.15) is 9.84 Å². The van der Waals surface area contributed by atoms with Crippen molar-refractivity contribution < 1.29 is 13.2 Å². The molecular formula is C13H27N3O3S. The van der Waals surface area contributed by atoms with Crippen molar-refractivity contribution in [3.8, 4) is 0 Å². The molecule has 1 saturated heterocycles. The van der Waals surface area contributed by atoms with E-state index >= 15 is 0 Å². The summed E-state index contributed by atoms with van der Waals surface area (Å²) in [6.07, 6.45) is 4.25. The largest absolute Gasteiger partial charge is 0.378 e. The average Bonchev–Trinajstić information content (AvgIpc) is 2.39. The summed E-state index contributed by atoms with van der Waals surface area (Å²) >= 11 is 0. The summed E-state index contributed by atoms with van der Waals surface area (Å²) in [5.74, 6) is 1.07. The fourth-order valence-electron chi connectivity index (χ4n) is 2.34. The second-order valence-corrected chi connectivity index (χ2v) is 7.36. The van der Waals surface area contributed by atoms with Gasteiger partial charge in [-0.3, -0.25) is 4.99 Å². The molecule has 0 saturated carbocycles. The van der Waals surface area contributed by atoms with Crippen LogP contribution in [0.4, 0.5) is 0 Å². The van der Waals surface area contributed by atoms with Gasteiger partial charge in [0.25, 0.3) is 0 Å². The van der Waals surface area contributed by atoms with Crippen LogP contribution in [0.3, 0.4) is 0 Å². The first-order valence-corrected chi connectivity index (χ1v) is 9.27. The average molecular weight is 305 g/mol. The van der Waals surface area contributed by atoms with Gasteiger partial charge in [-0.05, 0) is 26.2 Å². The maximum atomic E-state index is 11.1. The molecule has 1 N–H and O–H groups in total. The first-order valence-electron chi connectivity index (χ1n) is 7.21. The fourth-order valence-corrected chi connectivity index (χ4v) is 3.01. The quantitative estimate of drug-likeness (QED) is 0.439. The van der Waals surface area contributed by atoms with Crippen LogP contribution < -0.4 is 5.32 Å². The number of aliphatic imine (C=N–C) groups is 1. The van der Waals surface area contributed by atoms with Gasteiger partial charge in [-0.15, -0.1) is 0 Å². The van der Waals surface area contributed by atoms with Gasteiger partial charge in [-0.25, -0.2) is 8.42 Å². The van der Waals surface area contributed by atoms with Crippen LogP contribution in [0.1, 0.15) is 26.2 Å². The van der Waals surface area contributed by atoms with E-state index in [0.717, 1.165) is 38.5 Å². The fraction of sp³-hybridized carbons (Fsp3) is 0.923. The number of hydrogen-bond donors (Lipinski definition) is 1. The van der Waals surface area contributed by atoms with E-state index in [9.17, 15) is 8.42 Å². The van der Waals surface area contributed by atoms with E-state index in [-0.39, 0.29) is 5.75 Å². The molecule has 0 radical (unpaired) electrons. The minimum atomic E-state index is -2.88. The Morgan fingerprint density at radius 3 is 2.55 bits per heavy atom. The predicted octanol–water partition coefficient (Wildman–Crippen LogP) is 0.497. The summed E-state index contributed by atoms with van der Waals surface area (Å²) < 4.78 is 27.8. The lowest BCUT2D eigenvalue weighted by Crippen LogP contribution is -2.47. The highest BCUT2D eigenvalue weighted by atomic mass is 32.2. The number of piperidine rings is 1. The molecule has 1 heterocycles. The van der Waals surface area contributed by atoms with E-state index in [1.54, 1.807) is 7.05 Å². The van der Waals surface area contributed by atoms with Gasteiger partial charge in [0.2, 0.25) is 0 Å². The Morgan fingerprint density at radius 2 is 2.05 bits per heavy atom. The number of likely N-dealkylation sites (tertiary alicyclic amines) is 1. The molecule has 1 fully saturated rings. The van der Waals surface area contributed by atoms with Crippen LogP contribution in [0.5, 0.6) is 0 Å². The second kappa shape index (κ2) is 8.46. The number of nitrogens with one attached hydrogen (secondary N) is 1. The summed E-state index contributed by atoms with van der Waals surface area (Å²) in [5.41, 5.74) is 0. The molecule has 0 unspecified atom stereocenters. The molecule has 0 aliphatic carbocycles. The molecule has 6 nitrogen and oxygen atoms in total. The van der Waals surface area contributed by atoms with Crippen LogP contribution in [0.15, 0.2) is 4.99 Å². The van der Waals surface area contributed by atoms with Gasteiger partial charge in [0, 0.05) is 39.5 Å². The van der Waals surface area contributed by atoms with Gasteiger partial charge >= 0.3 is 0 Å². The summed E-state index contributed by atoms with van der Waals surface area (Å²) in [7, 11) is -1.12. The van der Waals surface area contributed by atoms with Crippen molar-refractivity contribution >= 4 is 15.8 Å². The smallest absolute Gasteiger partial charge is 0.193 e. The Hall–Kier alpha value is -0.820. The van der Waals surface area contributed by atoms with Crippen LogP contribution in [0, 0.1) is 0 Å². The number of sulfone groups is 1. The van der Waals surface area contributed by atoms with Crippen molar-refractivity contribution in [2.24, 2.45) is 4.99 Å². The predicted molar refractivity (Wildman–Crippen MR) is 81.9 cm³/mol. The molecule has 1 aliphatic heterocycles. The Bertz CT molecular complexity index is 401. The normalized spacial score (nSPS) is 18.4. The van der Waals surface area contributed by atoms with E-state index in [1.807, 2.05) is 6.92 Å². The number of guanidine groups is 1. The molecule has 1 rings (SSSR count). The molecule has 0 aromatic rings. The molecule has 7 heteroatoms. The molecular weight excluding hydrogens is 278 g/mol. The van der Waals surface area contributed by atoms with Crippen molar-refractivity contribution in [3.05, 3.63) is 0 Å². The topological polar surface area (TPSA) is 71.0 Å². The van der Waals surface area contributed by atoms with Gasteiger partial charge in [-0.2, -0.15) is 0 Å². The monoisotopic (exact) mass is 305 g/mol. The standard InChI is InChI=1S/C13H27N3O3S/c1-4-19-12-6-9-16(10-7-12)13(14-2)15-8-5-11-20(3,17)18/h12H,4-11H2,1-3H3,(H,14,15). The van der Waals surface area contributed by atoms with E-state index in [0.29, 0.717) is 19.1 Å². The van der Waals surface area contributed by atoms with Crippen LogP contribution in [-0.4, -0.2) is 70.7 Å². The molecule has 118 valence electrons. The van der Waals surface area contributed by atoms with Crippen molar-refractivity contribution in [2.75, 3.05) is 45.3 Å². The third kappa shape index (κ3) is 6.56. The molecule has 0 spiro atoms. The highest BCUT2D eigenvalue weighted by Gasteiger charge is 2.21. The molecule has 1 aliphatic rings. The first-order chi connectivity index (χ1) is 9.46. The molecule has 0 atom stereocenters. The second-order valence-electron chi connectivity index (χ2n) is 5.10. The van der Waals surface area contributed by atoms with E-state index in [1.165, 1.54) is 6.26 Å². The van der Waals surface area contributed by atoms with Crippen LogP contribution in [-0.2, 0) is 14.6 Å². The van der Waals surface area contributed by atoms with Crippen molar-refractivity contribution in [2.45, 2.75) is 32.3 Å². The molecule has 0 aromatic carbocycles. The summed E-state index contributed by atoms with van der Waals surface area (Å²) in [6.45, 7) is 5.27. The van der Waals surface area contributed by atoms with Crippen molar-refractivity contribution in [1.82, 2.24) is 10.2 Å². The number of nitrogens with zero attached hydrogens (tertiary/aromatic N) is 2. The lowest BCUT2D eigenvalue weighted by Gasteiger charge is -2.34. The summed E-state index contributed by atoms with van der Waals surface area (Å²) in [6, 6.07) is 0. The Labute approximate surface area is 122 Å². The van der Waals surface area contributed by atoms with Gasteiger partial charge in [0.05, 0.1) is 11.9 Å². The van der Waals surface area contributed by atoms with Gasteiger partial charge in [-0.1, -0.05) is 0 Å². The Balaban J connectivity index is 2.30. The number of rotatable bonds is 6. The highest BCUT2D eigenvalue weighted by Crippen LogP contribution is 2.13. The maximum absolute atomic E-state index is 11.1. The highest BCUT2D eigenvalue weighted by molar-refractivity contribution is 7.90.